The van der Waals surface area contributed by atoms with Gasteiger partial charge in [0.25, 0.3) is 0 Å². The molecule has 0 spiro atoms. The minimum atomic E-state index is -0.0290. The van der Waals surface area contributed by atoms with Crippen LogP contribution in [0.2, 0.25) is 0 Å². The lowest BCUT2D eigenvalue weighted by Crippen LogP contribution is -2.06. The first-order valence-electron chi connectivity index (χ1n) is 4.51. The van der Waals surface area contributed by atoms with E-state index in [0.717, 1.165) is 6.42 Å². The maximum Gasteiger partial charge on any atom is 0.309 e. The number of carbonyl (C=O) groups excluding carboxylic acids is 1. The SMILES string of the molecule is CCOC(=O)[C@@H]1C[C@H]1c1ccsc1. The average molecular weight is 196 g/mol. The van der Waals surface area contributed by atoms with Gasteiger partial charge in [-0.15, -0.1) is 0 Å². The van der Waals surface area contributed by atoms with Gasteiger partial charge in [-0.3, -0.25) is 4.79 Å². The summed E-state index contributed by atoms with van der Waals surface area (Å²) in [5, 5.41) is 4.17. The number of esters is 1. The molecule has 1 aromatic heterocycles. The smallest absolute Gasteiger partial charge is 0.309 e. The third-order valence-electron chi connectivity index (χ3n) is 2.35. The van der Waals surface area contributed by atoms with Crippen LogP contribution in [-0.2, 0) is 9.53 Å². The number of ether oxygens (including phenoxy) is 1. The van der Waals surface area contributed by atoms with Gasteiger partial charge in [-0.25, -0.2) is 0 Å². The van der Waals surface area contributed by atoms with E-state index < -0.39 is 0 Å². The van der Waals surface area contributed by atoms with Crippen molar-refractivity contribution in [2.75, 3.05) is 6.61 Å². The quantitative estimate of drug-likeness (QED) is 0.694. The van der Waals surface area contributed by atoms with Crippen LogP contribution in [0.5, 0.6) is 0 Å². The Kier molecular flexibility index (Phi) is 2.36. The fourth-order valence-electron chi connectivity index (χ4n) is 1.56. The maximum atomic E-state index is 11.3. The minimum absolute atomic E-state index is 0.0290. The minimum Gasteiger partial charge on any atom is -0.466 e. The summed E-state index contributed by atoms with van der Waals surface area (Å²) in [5.74, 6) is 0.540. The van der Waals surface area contributed by atoms with E-state index in [0.29, 0.717) is 12.5 Å². The van der Waals surface area contributed by atoms with Crippen LogP contribution in [0.3, 0.4) is 0 Å². The van der Waals surface area contributed by atoms with Crippen molar-refractivity contribution >= 4 is 17.3 Å². The maximum absolute atomic E-state index is 11.3. The van der Waals surface area contributed by atoms with Crippen molar-refractivity contribution in [3.8, 4) is 0 Å². The van der Waals surface area contributed by atoms with Crippen LogP contribution in [0, 0.1) is 5.92 Å². The molecule has 0 bridgehead atoms. The first-order valence-corrected chi connectivity index (χ1v) is 5.46. The Bertz CT molecular complexity index is 292. The molecule has 1 heterocycles. The van der Waals surface area contributed by atoms with Crippen LogP contribution in [0.25, 0.3) is 0 Å². The molecule has 1 fully saturated rings. The Morgan fingerprint density at radius 2 is 2.62 bits per heavy atom. The normalized spacial score (nSPS) is 25.6. The fraction of sp³-hybridized carbons (Fsp3) is 0.500. The predicted molar refractivity (Wildman–Crippen MR) is 51.8 cm³/mol. The van der Waals surface area contributed by atoms with Gasteiger partial charge >= 0.3 is 5.97 Å². The van der Waals surface area contributed by atoms with Crippen molar-refractivity contribution in [2.45, 2.75) is 19.3 Å². The summed E-state index contributed by atoms with van der Waals surface area (Å²) >= 11 is 1.68. The van der Waals surface area contributed by atoms with Crippen molar-refractivity contribution in [1.29, 1.82) is 0 Å². The molecule has 0 N–H and O–H groups in total. The van der Waals surface area contributed by atoms with E-state index in [4.69, 9.17) is 4.74 Å². The van der Waals surface area contributed by atoms with Crippen LogP contribution < -0.4 is 0 Å². The van der Waals surface area contributed by atoms with E-state index in [1.807, 2.05) is 6.92 Å². The van der Waals surface area contributed by atoms with Crippen LogP contribution in [-0.4, -0.2) is 12.6 Å². The molecular weight excluding hydrogens is 184 g/mol. The summed E-state index contributed by atoms with van der Waals surface area (Å²) in [6.45, 7) is 2.34. The summed E-state index contributed by atoms with van der Waals surface area (Å²) in [6.07, 6.45) is 0.968. The van der Waals surface area contributed by atoms with E-state index in [9.17, 15) is 4.79 Å². The highest BCUT2D eigenvalue weighted by atomic mass is 32.1. The van der Waals surface area contributed by atoms with Gasteiger partial charge in [0.1, 0.15) is 0 Å². The average Bonchev–Trinajstić information content (AvgIpc) is 2.74. The van der Waals surface area contributed by atoms with E-state index in [-0.39, 0.29) is 11.9 Å². The first kappa shape index (κ1) is 8.75. The first-order chi connectivity index (χ1) is 6.33. The molecule has 0 saturated heterocycles. The number of hydrogen-bond acceptors (Lipinski definition) is 3. The van der Waals surface area contributed by atoms with Crippen LogP contribution in [0.15, 0.2) is 16.8 Å². The molecule has 1 aliphatic carbocycles. The van der Waals surface area contributed by atoms with E-state index in [2.05, 4.69) is 16.8 Å². The van der Waals surface area contributed by atoms with Gasteiger partial charge in [-0.2, -0.15) is 11.3 Å². The highest BCUT2D eigenvalue weighted by molar-refractivity contribution is 7.08. The third kappa shape index (κ3) is 1.75. The summed E-state index contributed by atoms with van der Waals surface area (Å²) < 4.78 is 4.96. The molecular formula is C10H12O2S. The van der Waals surface area contributed by atoms with Gasteiger partial charge in [-0.05, 0) is 41.7 Å². The van der Waals surface area contributed by atoms with Crippen LogP contribution >= 0.6 is 11.3 Å². The number of rotatable bonds is 3. The molecule has 2 rings (SSSR count). The highest BCUT2D eigenvalue weighted by Crippen LogP contribution is 2.48. The predicted octanol–water partition coefficient (Wildman–Crippen LogP) is 2.41. The Morgan fingerprint density at radius 3 is 3.23 bits per heavy atom. The van der Waals surface area contributed by atoms with Crippen LogP contribution in [0.4, 0.5) is 0 Å². The molecule has 70 valence electrons. The Labute approximate surface area is 81.5 Å². The molecule has 2 atom stereocenters. The molecule has 0 aromatic carbocycles. The van der Waals surface area contributed by atoms with Crippen molar-refractivity contribution in [2.24, 2.45) is 5.92 Å². The Hall–Kier alpha value is -0.830. The standard InChI is InChI=1S/C10H12O2S/c1-2-12-10(11)9-5-8(9)7-3-4-13-6-7/h3-4,6,8-9H,2,5H2,1H3/t8-,9+/m0/s1. The molecule has 13 heavy (non-hydrogen) atoms. The molecule has 0 radical (unpaired) electrons. The Morgan fingerprint density at radius 1 is 1.77 bits per heavy atom. The van der Waals surface area contributed by atoms with Crippen molar-refractivity contribution in [3.63, 3.8) is 0 Å². The number of thiophene rings is 1. The van der Waals surface area contributed by atoms with Gasteiger partial charge in [0.2, 0.25) is 0 Å². The summed E-state index contributed by atoms with van der Waals surface area (Å²) in [5.41, 5.74) is 1.29. The zero-order valence-electron chi connectivity index (χ0n) is 7.53. The zero-order chi connectivity index (χ0) is 9.26. The molecule has 1 aromatic rings. The van der Waals surface area contributed by atoms with Gasteiger partial charge in [-0.1, -0.05) is 0 Å². The van der Waals surface area contributed by atoms with Gasteiger partial charge in [0, 0.05) is 0 Å². The molecule has 0 amide bonds. The molecule has 1 saturated carbocycles. The second-order valence-electron chi connectivity index (χ2n) is 3.26. The van der Waals surface area contributed by atoms with Crippen molar-refractivity contribution in [3.05, 3.63) is 22.4 Å². The fourth-order valence-corrected chi connectivity index (χ4v) is 2.28. The second kappa shape index (κ2) is 3.50. The summed E-state index contributed by atoms with van der Waals surface area (Å²) in [4.78, 5) is 11.3. The number of hydrogen-bond donors (Lipinski definition) is 0. The lowest BCUT2D eigenvalue weighted by atomic mass is 10.2. The highest BCUT2D eigenvalue weighted by Gasteiger charge is 2.45. The molecule has 2 nitrogen and oxygen atoms in total. The van der Waals surface area contributed by atoms with E-state index in [1.165, 1.54) is 5.56 Å². The van der Waals surface area contributed by atoms with Crippen molar-refractivity contribution < 1.29 is 9.53 Å². The van der Waals surface area contributed by atoms with Gasteiger partial charge < -0.3 is 4.74 Å². The molecule has 0 unspecified atom stereocenters. The molecule has 1 aliphatic rings. The molecule has 3 heteroatoms. The summed E-state index contributed by atoms with van der Waals surface area (Å²) in [7, 11) is 0. The largest absolute Gasteiger partial charge is 0.466 e. The Balaban J connectivity index is 1.92. The zero-order valence-corrected chi connectivity index (χ0v) is 8.34. The lowest BCUT2D eigenvalue weighted by Gasteiger charge is -1.98. The topological polar surface area (TPSA) is 26.3 Å². The monoisotopic (exact) mass is 196 g/mol. The van der Waals surface area contributed by atoms with Crippen LogP contribution in [0.1, 0.15) is 24.8 Å². The third-order valence-corrected chi connectivity index (χ3v) is 3.05. The van der Waals surface area contributed by atoms with Crippen molar-refractivity contribution in [1.82, 2.24) is 0 Å². The van der Waals surface area contributed by atoms with E-state index in [1.54, 1.807) is 11.3 Å². The summed E-state index contributed by atoms with van der Waals surface area (Å²) in [6, 6.07) is 2.09. The van der Waals surface area contributed by atoms with E-state index >= 15 is 0 Å². The van der Waals surface area contributed by atoms with Gasteiger partial charge in [0.05, 0.1) is 12.5 Å². The second-order valence-corrected chi connectivity index (χ2v) is 4.04. The van der Waals surface area contributed by atoms with Gasteiger partial charge in [0.15, 0.2) is 0 Å². The lowest BCUT2D eigenvalue weighted by molar-refractivity contribution is -0.144. The molecule has 0 aliphatic heterocycles. The number of carbonyl (C=O) groups is 1.